The Hall–Kier alpha value is -2.70. The minimum absolute atomic E-state index is 0.00734. The maximum atomic E-state index is 7.55. The average Bonchev–Trinajstić information content (AvgIpc) is 3.40. The molecule has 0 aromatic heterocycles. The second-order valence-corrected chi connectivity index (χ2v) is 25.1. The lowest BCUT2D eigenvalue weighted by atomic mass is 9.78. The van der Waals surface area contributed by atoms with Gasteiger partial charge in [-0.05, 0) is 117 Å². The van der Waals surface area contributed by atoms with E-state index in [0.29, 0.717) is 5.92 Å². The summed E-state index contributed by atoms with van der Waals surface area (Å²) in [6, 6.07) is 8.68. The highest BCUT2D eigenvalue weighted by atomic mass is 16.7. The number of aryl methyl sites for hydroxylation is 1. The summed E-state index contributed by atoms with van der Waals surface area (Å²) < 4.78 is 22.6. The Balaban J connectivity index is 1.59. The van der Waals surface area contributed by atoms with Gasteiger partial charge in [0.15, 0.2) is 23.9 Å². The zero-order chi connectivity index (χ0) is 49.5. The minimum atomic E-state index is -1.14. The minimum Gasteiger partial charge on any atom is -0.340 e. The van der Waals surface area contributed by atoms with Gasteiger partial charge in [0.05, 0.1) is 63.5 Å². The molecule has 6 heteroatoms. The Morgan fingerprint density at radius 2 is 0.866 bits per heavy atom. The second-order valence-electron chi connectivity index (χ2n) is 25.1. The van der Waals surface area contributed by atoms with Gasteiger partial charge in [0, 0.05) is 33.3 Å². The molecule has 3 aliphatic rings. The largest absolute Gasteiger partial charge is 0.705 e. The molecule has 3 heterocycles. The fraction of sp³-hybridized carbons (Fsp3) is 0.770. The lowest BCUT2D eigenvalue weighted by Crippen LogP contribution is -2.61. The van der Waals surface area contributed by atoms with Gasteiger partial charge in [-0.25, -0.2) is 0 Å². The topological polar surface area (TPSA) is 24.5 Å². The van der Waals surface area contributed by atoms with Crippen molar-refractivity contribution in [2.75, 3.05) is 52.4 Å². The molecular weight excluding hydrogens is 821 g/mol. The summed E-state index contributed by atoms with van der Waals surface area (Å²) >= 11 is 0. The highest BCUT2D eigenvalue weighted by Gasteiger charge is 2.83. The van der Waals surface area contributed by atoms with Gasteiger partial charge in [-0.15, -0.1) is 0 Å². The van der Waals surface area contributed by atoms with Gasteiger partial charge in [-0.3, -0.25) is 0 Å². The summed E-state index contributed by atoms with van der Waals surface area (Å²) in [7, 11) is 0. The smallest absolute Gasteiger partial charge is 0.340 e. The van der Waals surface area contributed by atoms with Crippen LogP contribution in [0.25, 0.3) is 0 Å². The third-order valence-electron chi connectivity index (χ3n) is 17.2. The fourth-order valence-corrected chi connectivity index (χ4v) is 11.9. The van der Waals surface area contributed by atoms with Crippen LogP contribution >= 0.6 is 0 Å². The van der Waals surface area contributed by atoms with Gasteiger partial charge in [0.25, 0.3) is 0 Å². The number of benzene rings is 2. The van der Waals surface area contributed by atoms with E-state index >= 15 is 0 Å². The van der Waals surface area contributed by atoms with Crippen LogP contribution in [0.1, 0.15) is 253 Å². The van der Waals surface area contributed by atoms with Crippen molar-refractivity contribution in [3.8, 4) is 11.5 Å². The van der Waals surface area contributed by atoms with Gasteiger partial charge in [0.1, 0.15) is 0 Å². The van der Waals surface area contributed by atoms with Crippen LogP contribution in [0, 0.1) is 6.92 Å². The van der Waals surface area contributed by atoms with Gasteiger partial charge in [0.2, 0.25) is 11.1 Å². The normalized spacial score (nSPS) is 18.7. The molecule has 1 saturated heterocycles. The van der Waals surface area contributed by atoms with Gasteiger partial charge < -0.3 is 18.4 Å². The number of unbranched alkanes of at least 4 members (excludes halogenated alkanes) is 6. The number of hydrogen-bond acceptors (Lipinski definition) is 2. The molecule has 0 N–H and O–H groups in total. The molecule has 0 amide bonds. The van der Waals surface area contributed by atoms with Crippen molar-refractivity contribution in [3.05, 3.63) is 57.6 Å². The predicted molar refractivity (Wildman–Crippen MR) is 288 cm³/mol. The zero-order valence-corrected chi connectivity index (χ0v) is 47.1. The molecule has 5 rings (SSSR count). The average molecular weight is 928 g/mol. The Morgan fingerprint density at radius 3 is 1.24 bits per heavy atom. The molecule has 6 nitrogen and oxygen atoms in total. The summed E-state index contributed by atoms with van der Waals surface area (Å²) in [4.78, 5) is 0. The summed E-state index contributed by atoms with van der Waals surface area (Å²) in [5.74, 6) is 2.42. The first-order valence-corrected chi connectivity index (χ1v) is 28.2. The molecule has 378 valence electrons. The standard InChI is InChI=1S/C61H106N4O2/c1-18-24-34-64(35-25-19-2,36-26-20-3)40-30-32-49(33-31-41-65(37-27-21-4,38-28-22-5)39-29-23-6)50-42-48(7)55-51(43-50)46-62-59(14,15)60(16,17)63-47-52-44-53(57(8,9)10)45-54(58(11,12)13)56(52)67-61(62,63)66-55/h42-47,49H,18-41H2,1-17H3/q+4. The number of rotatable bonds is 27. The summed E-state index contributed by atoms with van der Waals surface area (Å²) in [5.41, 5.74) is 6.87. The van der Waals surface area contributed by atoms with Crippen LogP contribution in [0.2, 0.25) is 0 Å². The van der Waals surface area contributed by atoms with E-state index in [-0.39, 0.29) is 21.9 Å². The van der Waals surface area contributed by atoms with E-state index in [1.165, 1.54) is 192 Å². The Labute approximate surface area is 414 Å². The maximum Gasteiger partial charge on any atom is 0.705 e. The zero-order valence-electron chi connectivity index (χ0n) is 47.1. The molecule has 1 spiro atoms. The number of hydrogen-bond donors (Lipinski definition) is 0. The third kappa shape index (κ3) is 12.1. The molecule has 0 bridgehead atoms. The van der Waals surface area contributed by atoms with Crippen LogP contribution in [0.15, 0.2) is 24.3 Å². The summed E-state index contributed by atoms with van der Waals surface area (Å²) in [6.07, 6.45) is 25.7. The van der Waals surface area contributed by atoms with Gasteiger partial charge >= 0.3 is 6.03 Å². The van der Waals surface area contributed by atoms with Crippen LogP contribution in [0.3, 0.4) is 0 Å². The van der Waals surface area contributed by atoms with Crippen LogP contribution in [-0.2, 0) is 10.8 Å². The molecule has 67 heavy (non-hydrogen) atoms. The lowest BCUT2D eigenvalue weighted by Gasteiger charge is -2.40. The fourth-order valence-electron chi connectivity index (χ4n) is 11.9. The molecular formula is C61H106N4O2+4. The van der Waals surface area contributed by atoms with Crippen LogP contribution in [0.4, 0.5) is 0 Å². The SMILES string of the molecule is CCCC[N+](CCCC)(CCCC)CCCC(CCC[N+](CCCC)(CCCC)CCCC)c1cc(C)c2c(c1)C=[N+]1C3(O2)Oc2c(cc(C(C)(C)C)cc2C(C)(C)C)C=[N+]3C(C)(C)C1(C)C. The van der Waals surface area contributed by atoms with E-state index in [2.05, 4.69) is 164 Å². The molecule has 2 aromatic rings. The number of quaternary nitrogens is 2. The number of nitrogens with zero attached hydrogens (tertiary/aromatic N) is 4. The van der Waals surface area contributed by atoms with Crippen molar-refractivity contribution < 1.29 is 27.6 Å². The van der Waals surface area contributed by atoms with E-state index in [9.17, 15) is 0 Å². The van der Waals surface area contributed by atoms with Crippen molar-refractivity contribution in [2.24, 2.45) is 0 Å². The first-order chi connectivity index (χ1) is 31.5. The van der Waals surface area contributed by atoms with Crippen LogP contribution < -0.4 is 9.47 Å². The van der Waals surface area contributed by atoms with Crippen molar-refractivity contribution in [2.45, 2.75) is 254 Å². The Bertz CT molecular complexity index is 1910. The van der Waals surface area contributed by atoms with Crippen molar-refractivity contribution >= 4 is 12.4 Å². The highest BCUT2D eigenvalue weighted by Crippen LogP contribution is 2.52. The van der Waals surface area contributed by atoms with E-state index in [1.54, 1.807) is 0 Å². The Kier molecular flexibility index (Phi) is 18.6. The Morgan fingerprint density at radius 1 is 0.493 bits per heavy atom. The van der Waals surface area contributed by atoms with Gasteiger partial charge in [-0.2, -0.15) is 0 Å². The first-order valence-electron chi connectivity index (χ1n) is 28.2. The molecule has 1 atom stereocenters. The van der Waals surface area contributed by atoms with Crippen molar-refractivity contribution in [1.29, 1.82) is 0 Å². The molecule has 1 fully saturated rings. The van der Waals surface area contributed by atoms with Crippen molar-refractivity contribution in [1.82, 2.24) is 0 Å². The first kappa shape index (κ1) is 55.2. The molecule has 0 aliphatic carbocycles. The van der Waals surface area contributed by atoms with Crippen molar-refractivity contribution in [3.63, 3.8) is 0 Å². The maximum absolute atomic E-state index is 7.55. The second kappa shape index (κ2) is 22.6. The molecule has 1 unspecified atom stereocenters. The van der Waals surface area contributed by atoms with E-state index < -0.39 is 6.03 Å². The van der Waals surface area contributed by atoms with Gasteiger partial charge in [-0.1, -0.05) is 143 Å². The van der Waals surface area contributed by atoms with E-state index in [0.717, 1.165) is 17.1 Å². The monoisotopic (exact) mass is 927 g/mol. The van der Waals surface area contributed by atoms with Crippen LogP contribution in [0.5, 0.6) is 11.5 Å². The quantitative estimate of drug-likeness (QED) is 0.0659. The number of fused-ring (bicyclic) bond motifs is 2. The molecule has 2 aromatic carbocycles. The van der Waals surface area contributed by atoms with E-state index in [1.807, 2.05) is 0 Å². The van der Waals surface area contributed by atoms with Crippen LogP contribution in [-0.4, -0.2) is 100 Å². The lowest BCUT2D eigenvalue weighted by molar-refractivity contribution is -0.929. The highest BCUT2D eigenvalue weighted by molar-refractivity contribution is 5.85. The number of ether oxygens (including phenoxy) is 2. The van der Waals surface area contributed by atoms with E-state index in [4.69, 9.17) is 9.47 Å². The summed E-state index contributed by atoms with van der Waals surface area (Å²) in [5, 5.41) is 0. The summed E-state index contributed by atoms with van der Waals surface area (Å²) in [6.45, 7) is 50.7. The molecule has 0 radical (unpaired) electrons. The predicted octanol–water partition coefficient (Wildman–Crippen LogP) is 15.2. The third-order valence-corrected chi connectivity index (χ3v) is 17.2. The molecule has 0 saturated carbocycles. The molecule has 3 aliphatic heterocycles.